The van der Waals surface area contributed by atoms with E-state index >= 15 is 0 Å². The first-order valence-corrected chi connectivity index (χ1v) is 13.2. The number of fused-ring (bicyclic) bond motifs is 2. The number of aryl methyl sites for hydroxylation is 1. The number of nitrogens with zero attached hydrogens (tertiary/aromatic N) is 4. The van der Waals surface area contributed by atoms with E-state index in [0.29, 0.717) is 72.2 Å². The molecule has 12 heteroatoms. The van der Waals surface area contributed by atoms with Crippen molar-refractivity contribution in [3.8, 4) is 11.5 Å². The summed E-state index contributed by atoms with van der Waals surface area (Å²) in [5, 5.41) is 18.8. The quantitative estimate of drug-likeness (QED) is 0.472. The van der Waals surface area contributed by atoms with Gasteiger partial charge in [-0.2, -0.15) is 13.2 Å². The number of benzene rings is 1. The molecule has 3 aromatic rings. The predicted octanol–water partition coefficient (Wildman–Crippen LogP) is 4.77. The molecule has 1 aromatic carbocycles. The Morgan fingerprint density at radius 2 is 2.08 bits per heavy atom. The van der Waals surface area contributed by atoms with Crippen LogP contribution in [-0.2, 0) is 36.5 Å². The minimum atomic E-state index is -4.55. The summed E-state index contributed by atoms with van der Waals surface area (Å²) in [7, 11) is 4.99. The van der Waals surface area contributed by atoms with Gasteiger partial charge in [-0.25, -0.2) is 0 Å². The Kier molecular flexibility index (Phi) is 7.18. The van der Waals surface area contributed by atoms with Crippen LogP contribution < -0.4 is 9.47 Å². The lowest BCUT2D eigenvalue weighted by Crippen LogP contribution is -2.47. The lowest BCUT2D eigenvalue weighted by molar-refractivity contribution is -0.135. The average molecular weight is 553 g/mol. The van der Waals surface area contributed by atoms with E-state index in [0.717, 1.165) is 11.3 Å². The van der Waals surface area contributed by atoms with Crippen molar-refractivity contribution in [3.05, 3.63) is 56.5 Å². The number of aliphatic hydroxyl groups excluding tert-OH is 1. The number of piperidine rings is 1. The van der Waals surface area contributed by atoms with Gasteiger partial charge in [0.2, 0.25) is 0 Å². The molecule has 0 bridgehead atoms. The summed E-state index contributed by atoms with van der Waals surface area (Å²) < 4.78 is 61.0. The molecule has 2 aliphatic rings. The summed E-state index contributed by atoms with van der Waals surface area (Å²) >= 11 is 0.717. The Bertz CT molecular complexity index is 1310. The van der Waals surface area contributed by atoms with Crippen molar-refractivity contribution < 1.29 is 32.5 Å². The molecule has 1 spiro atoms. The highest BCUT2D eigenvalue weighted by molar-refractivity contribution is 7.12. The van der Waals surface area contributed by atoms with Crippen LogP contribution in [-0.4, -0.2) is 52.4 Å². The van der Waals surface area contributed by atoms with Gasteiger partial charge >= 0.3 is 6.18 Å². The molecule has 2 aliphatic heterocycles. The van der Waals surface area contributed by atoms with Gasteiger partial charge < -0.3 is 19.3 Å². The standard InChI is InChI=1S/C26H31F3N4O4S/c1-15(34)22-18-7-10-37-25(23(18)38-24(22)26(27,28)29)8-9-33(20(12-25)19-14-32(2)31-30-19)13-16-5-6-17(35-3)11-21(16)36-4/h5-6,11,14-15,20,34H,7-10,12-13H2,1-4H3/t15?,20-,25?/m0/s1. The molecular weight excluding hydrogens is 521 g/mol. The van der Waals surface area contributed by atoms with Crippen LogP contribution in [0.3, 0.4) is 0 Å². The van der Waals surface area contributed by atoms with Crippen molar-refractivity contribution in [2.75, 3.05) is 27.4 Å². The number of rotatable bonds is 6. The predicted molar refractivity (Wildman–Crippen MR) is 134 cm³/mol. The van der Waals surface area contributed by atoms with Gasteiger partial charge in [0.15, 0.2) is 0 Å². The third-order valence-electron chi connectivity index (χ3n) is 7.46. The van der Waals surface area contributed by atoms with Crippen molar-refractivity contribution in [1.82, 2.24) is 19.9 Å². The molecule has 8 nitrogen and oxygen atoms in total. The first-order valence-electron chi connectivity index (χ1n) is 12.4. The highest BCUT2D eigenvalue weighted by Crippen LogP contribution is 2.54. The molecular formula is C26H31F3N4O4S. The Morgan fingerprint density at radius 1 is 1.29 bits per heavy atom. The molecule has 1 fully saturated rings. The van der Waals surface area contributed by atoms with Gasteiger partial charge in [0.05, 0.1) is 38.7 Å². The van der Waals surface area contributed by atoms with E-state index in [2.05, 4.69) is 15.2 Å². The van der Waals surface area contributed by atoms with E-state index in [1.165, 1.54) is 6.92 Å². The van der Waals surface area contributed by atoms with Gasteiger partial charge in [-0.3, -0.25) is 9.58 Å². The number of aliphatic hydroxyl groups is 1. The highest BCUT2D eigenvalue weighted by Gasteiger charge is 2.50. The molecule has 5 rings (SSSR count). The highest BCUT2D eigenvalue weighted by atomic mass is 32.1. The van der Waals surface area contributed by atoms with Crippen molar-refractivity contribution in [2.45, 2.75) is 56.7 Å². The van der Waals surface area contributed by atoms with E-state index in [4.69, 9.17) is 14.2 Å². The topological polar surface area (TPSA) is 81.9 Å². The van der Waals surface area contributed by atoms with E-state index in [9.17, 15) is 18.3 Å². The fourth-order valence-electron chi connectivity index (χ4n) is 5.72. The van der Waals surface area contributed by atoms with Crippen molar-refractivity contribution >= 4 is 11.3 Å². The van der Waals surface area contributed by atoms with Crippen LogP contribution in [0.25, 0.3) is 0 Å². The Hall–Kier alpha value is -2.67. The Morgan fingerprint density at radius 3 is 2.71 bits per heavy atom. The van der Waals surface area contributed by atoms with Crippen LogP contribution in [0.5, 0.6) is 11.5 Å². The lowest BCUT2D eigenvalue weighted by Gasteiger charge is -2.47. The van der Waals surface area contributed by atoms with Gasteiger partial charge in [0.25, 0.3) is 0 Å². The molecule has 1 N–H and O–H groups in total. The number of hydrogen-bond acceptors (Lipinski definition) is 8. The number of aromatic nitrogens is 3. The first kappa shape index (κ1) is 26.9. The molecule has 0 aliphatic carbocycles. The molecule has 4 heterocycles. The summed E-state index contributed by atoms with van der Waals surface area (Å²) in [4.78, 5) is 2.08. The number of ether oxygens (including phenoxy) is 3. The second kappa shape index (κ2) is 10.1. The van der Waals surface area contributed by atoms with Crippen LogP contribution in [0.1, 0.15) is 64.0 Å². The van der Waals surface area contributed by atoms with Crippen LogP contribution in [0.2, 0.25) is 0 Å². The third-order valence-corrected chi connectivity index (χ3v) is 8.94. The van der Waals surface area contributed by atoms with Crippen LogP contribution >= 0.6 is 11.3 Å². The summed E-state index contributed by atoms with van der Waals surface area (Å²) in [6, 6.07) is 5.39. The van der Waals surface area contributed by atoms with Crippen LogP contribution in [0, 0.1) is 0 Å². The van der Waals surface area contributed by atoms with E-state index in [-0.39, 0.29) is 11.6 Å². The molecule has 0 radical (unpaired) electrons. The maximum absolute atomic E-state index is 14.0. The Labute approximate surface area is 222 Å². The van der Waals surface area contributed by atoms with Gasteiger partial charge in [-0.15, -0.1) is 16.4 Å². The summed E-state index contributed by atoms with van der Waals surface area (Å²) in [5.74, 6) is 1.37. The van der Waals surface area contributed by atoms with Gasteiger partial charge in [-0.05, 0) is 31.4 Å². The zero-order valence-corrected chi connectivity index (χ0v) is 22.5. The molecule has 1 saturated heterocycles. The molecule has 38 heavy (non-hydrogen) atoms. The molecule has 0 amide bonds. The molecule has 3 atom stereocenters. The van der Waals surface area contributed by atoms with E-state index < -0.39 is 22.8 Å². The summed E-state index contributed by atoms with van der Waals surface area (Å²) in [5.41, 5.74) is 1.33. The minimum Gasteiger partial charge on any atom is -0.497 e. The van der Waals surface area contributed by atoms with Crippen molar-refractivity contribution in [1.29, 1.82) is 0 Å². The van der Waals surface area contributed by atoms with Gasteiger partial charge in [0.1, 0.15) is 22.0 Å². The zero-order chi connectivity index (χ0) is 27.2. The largest absolute Gasteiger partial charge is 0.497 e. The SMILES string of the molecule is COc1ccc(CN2CCC3(C[C@H]2c2cn(C)nn2)OCCc2c3sc(C(F)(F)F)c2C(C)O)c(OC)c1. The van der Waals surface area contributed by atoms with Gasteiger partial charge in [-0.1, -0.05) is 11.3 Å². The van der Waals surface area contributed by atoms with Crippen molar-refractivity contribution in [2.24, 2.45) is 7.05 Å². The van der Waals surface area contributed by atoms with Crippen LogP contribution in [0.15, 0.2) is 24.4 Å². The number of halogens is 3. The molecule has 2 unspecified atom stereocenters. The zero-order valence-electron chi connectivity index (χ0n) is 21.7. The monoisotopic (exact) mass is 552 g/mol. The maximum Gasteiger partial charge on any atom is 0.425 e. The smallest absolute Gasteiger partial charge is 0.425 e. The number of thiophene rings is 1. The van der Waals surface area contributed by atoms with Gasteiger partial charge in [0, 0.05) is 54.8 Å². The minimum absolute atomic E-state index is 0.0124. The fourth-order valence-corrected chi connectivity index (χ4v) is 7.21. The fraction of sp³-hybridized carbons (Fsp3) is 0.538. The molecule has 206 valence electrons. The maximum atomic E-state index is 14.0. The normalized spacial score (nSPS) is 22.9. The summed E-state index contributed by atoms with van der Waals surface area (Å²) in [6.07, 6.45) is -2.68. The number of alkyl halides is 3. The molecule has 0 saturated carbocycles. The Balaban J connectivity index is 1.54. The second-order valence-electron chi connectivity index (χ2n) is 9.85. The number of methoxy groups -OCH3 is 2. The average Bonchev–Trinajstić information content (AvgIpc) is 3.50. The van der Waals surface area contributed by atoms with E-state index in [1.54, 1.807) is 25.9 Å². The third kappa shape index (κ3) is 4.78. The number of hydrogen-bond donors (Lipinski definition) is 1. The summed E-state index contributed by atoms with van der Waals surface area (Å²) in [6.45, 7) is 2.78. The first-order chi connectivity index (χ1) is 18.1. The van der Waals surface area contributed by atoms with E-state index in [1.807, 2.05) is 24.4 Å². The lowest BCUT2D eigenvalue weighted by atomic mass is 9.79. The second-order valence-corrected chi connectivity index (χ2v) is 10.9. The number of likely N-dealkylation sites (tertiary alicyclic amines) is 1. The van der Waals surface area contributed by atoms with Crippen molar-refractivity contribution in [3.63, 3.8) is 0 Å². The molecule has 2 aromatic heterocycles. The van der Waals surface area contributed by atoms with Crippen LogP contribution in [0.4, 0.5) is 13.2 Å².